The average Bonchev–Trinajstić information content (AvgIpc) is 2.45. The summed E-state index contributed by atoms with van der Waals surface area (Å²) in [7, 11) is 3.27. The van der Waals surface area contributed by atoms with Crippen molar-refractivity contribution in [2.75, 3.05) is 46.3 Å². The SMILES string of the molecule is COCCCN(CCOC)C(=O)c1ccc(N)c(Br)c1. The molecule has 0 atom stereocenters. The lowest BCUT2D eigenvalue weighted by atomic mass is 10.1. The van der Waals surface area contributed by atoms with Crippen molar-refractivity contribution in [1.82, 2.24) is 4.90 Å². The Kier molecular flexibility index (Phi) is 7.58. The molecule has 1 amide bonds. The van der Waals surface area contributed by atoms with Crippen molar-refractivity contribution in [3.05, 3.63) is 28.2 Å². The molecular formula is C14H21BrN2O3. The van der Waals surface area contributed by atoms with E-state index < -0.39 is 0 Å². The minimum Gasteiger partial charge on any atom is -0.398 e. The standard InChI is InChI=1S/C14H21BrN2O3/c1-19-8-3-6-17(7-9-20-2)14(18)11-4-5-13(16)12(15)10-11/h4-5,10H,3,6-9,16H2,1-2H3. The van der Waals surface area contributed by atoms with Crippen LogP contribution in [0.2, 0.25) is 0 Å². The number of carbonyl (C=O) groups excluding carboxylic acids is 1. The highest BCUT2D eigenvalue weighted by Crippen LogP contribution is 2.21. The Morgan fingerprint density at radius 1 is 1.25 bits per heavy atom. The summed E-state index contributed by atoms with van der Waals surface area (Å²) in [6.45, 7) is 2.33. The van der Waals surface area contributed by atoms with Crippen LogP contribution in [0.25, 0.3) is 0 Å². The molecule has 0 bridgehead atoms. The predicted molar refractivity (Wildman–Crippen MR) is 82.8 cm³/mol. The van der Waals surface area contributed by atoms with Crippen LogP contribution in [0.5, 0.6) is 0 Å². The molecule has 0 fully saturated rings. The number of amides is 1. The number of nitrogens with zero attached hydrogens (tertiary/aromatic N) is 1. The van der Waals surface area contributed by atoms with Gasteiger partial charge >= 0.3 is 0 Å². The van der Waals surface area contributed by atoms with Crippen molar-refractivity contribution in [2.45, 2.75) is 6.42 Å². The molecule has 6 heteroatoms. The molecule has 0 aliphatic heterocycles. The lowest BCUT2D eigenvalue weighted by molar-refractivity contribution is 0.0674. The Balaban J connectivity index is 2.76. The maximum atomic E-state index is 12.5. The van der Waals surface area contributed by atoms with E-state index in [1.165, 1.54) is 0 Å². The zero-order valence-electron chi connectivity index (χ0n) is 11.9. The van der Waals surface area contributed by atoms with Gasteiger partial charge in [-0.15, -0.1) is 0 Å². The lowest BCUT2D eigenvalue weighted by Gasteiger charge is -2.22. The average molecular weight is 345 g/mol. The van der Waals surface area contributed by atoms with Gasteiger partial charge in [0.05, 0.1) is 6.61 Å². The Morgan fingerprint density at radius 3 is 2.55 bits per heavy atom. The maximum absolute atomic E-state index is 12.5. The second kappa shape index (κ2) is 8.94. The summed E-state index contributed by atoms with van der Waals surface area (Å²) in [5.74, 6) is -0.0288. The lowest BCUT2D eigenvalue weighted by Crippen LogP contribution is -2.35. The van der Waals surface area contributed by atoms with Crippen molar-refractivity contribution in [2.24, 2.45) is 0 Å². The fourth-order valence-electron chi connectivity index (χ4n) is 1.76. The third kappa shape index (κ3) is 5.11. The van der Waals surface area contributed by atoms with Crippen molar-refractivity contribution < 1.29 is 14.3 Å². The number of nitrogen functional groups attached to an aromatic ring is 1. The minimum absolute atomic E-state index is 0.0288. The zero-order valence-corrected chi connectivity index (χ0v) is 13.5. The molecule has 0 saturated carbocycles. The highest BCUT2D eigenvalue weighted by atomic mass is 79.9. The van der Waals surface area contributed by atoms with E-state index in [9.17, 15) is 4.79 Å². The molecule has 0 radical (unpaired) electrons. The van der Waals surface area contributed by atoms with Crippen molar-refractivity contribution in [1.29, 1.82) is 0 Å². The van der Waals surface area contributed by atoms with Gasteiger partial charge < -0.3 is 20.1 Å². The molecule has 0 saturated heterocycles. The van der Waals surface area contributed by atoms with Crippen LogP contribution in [0, 0.1) is 0 Å². The summed E-state index contributed by atoms with van der Waals surface area (Å²) in [6.07, 6.45) is 0.794. The van der Waals surface area contributed by atoms with Gasteiger partial charge in [0.1, 0.15) is 0 Å². The summed E-state index contributed by atoms with van der Waals surface area (Å²) < 4.78 is 10.8. The number of nitrogens with two attached hydrogens (primary N) is 1. The Morgan fingerprint density at radius 2 is 1.95 bits per heavy atom. The Bertz CT molecular complexity index is 440. The molecule has 0 spiro atoms. The summed E-state index contributed by atoms with van der Waals surface area (Å²) in [5, 5.41) is 0. The van der Waals surface area contributed by atoms with E-state index in [0.717, 1.165) is 10.9 Å². The topological polar surface area (TPSA) is 64.8 Å². The van der Waals surface area contributed by atoms with Crippen LogP contribution >= 0.6 is 15.9 Å². The summed E-state index contributed by atoms with van der Waals surface area (Å²) in [6, 6.07) is 5.20. The van der Waals surface area contributed by atoms with E-state index in [-0.39, 0.29) is 5.91 Å². The van der Waals surface area contributed by atoms with Crippen LogP contribution in [0.3, 0.4) is 0 Å². The van der Waals surface area contributed by atoms with Gasteiger partial charge in [-0.3, -0.25) is 4.79 Å². The molecule has 0 unspecified atom stereocenters. The highest BCUT2D eigenvalue weighted by molar-refractivity contribution is 9.10. The largest absolute Gasteiger partial charge is 0.398 e. The number of halogens is 1. The van der Waals surface area contributed by atoms with E-state index in [2.05, 4.69) is 15.9 Å². The summed E-state index contributed by atoms with van der Waals surface area (Å²) >= 11 is 3.34. The molecule has 0 heterocycles. The fraction of sp³-hybridized carbons (Fsp3) is 0.500. The van der Waals surface area contributed by atoms with Gasteiger partial charge in [0.25, 0.3) is 5.91 Å². The zero-order chi connectivity index (χ0) is 15.0. The van der Waals surface area contributed by atoms with Gasteiger partial charge in [-0.1, -0.05) is 0 Å². The fourth-order valence-corrected chi connectivity index (χ4v) is 2.14. The number of carbonyl (C=O) groups is 1. The maximum Gasteiger partial charge on any atom is 0.253 e. The molecule has 2 N–H and O–H groups in total. The van der Waals surface area contributed by atoms with E-state index in [0.29, 0.717) is 37.6 Å². The predicted octanol–water partition coefficient (Wildman–Crippen LogP) is 2.16. The molecular weight excluding hydrogens is 324 g/mol. The van der Waals surface area contributed by atoms with Crippen LogP contribution in [0.4, 0.5) is 5.69 Å². The minimum atomic E-state index is -0.0288. The van der Waals surface area contributed by atoms with Crippen LogP contribution < -0.4 is 5.73 Å². The molecule has 20 heavy (non-hydrogen) atoms. The molecule has 1 aromatic carbocycles. The third-order valence-corrected chi connectivity index (χ3v) is 3.56. The van der Waals surface area contributed by atoms with E-state index in [4.69, 9.17) is 15.2 Å². The van der Waals surface area contributed by atoms with E-state index in [1.54, 1.807) is 37.3 Å². The van der Waals surface area contributed by atoms with Crippen LogP contribution in [0.15, 0.2) is 22.7 Å². The number of methoxy groups -OCH3 is 2. The van der Waals surface area contributed by atoms with Crippen molar-refractivity contribution in [3.63, 3.8) is 0 Å². The van der Waals surface area contributed by atoms with Gasteiger partial charge in [0.15, 0.2) is 0 Å². The first-order valence-corrected chi connectivity index (χ1v) is 7.21. The highest BCUT2D eigenvalue weighted by Gasteiger charge is 2.16. The second-order valence-corrected chi connectivity index (χ2v) is 5.22. The number of hydrogen-bond acceptors (Lipinski definition) is 4. The van der Waals surface area contributed by atoms with Crippen LogP contribution in [-0.2, 0) is 9.47 Å². The smallest absolute Gasteiger partial charge is 0.253 e. The van der Waals surface area contributed by atoms with Crippen molar-refractivity contribution >= 4 is 27.5 Å². The normalized spacial score (nSPS) is 10.6. The molecule has 1 rings (SSSR count). The molecule has 112 valence electrons. The quantitative estimate of drug-likeness (QED) is 0.579. The molecule has 1 aromatic rings. The van der Waals surface area contributed by atoms with Gasteiger partial charge in [0, 0.05) is 49.6 Å². The second-order valence-electron chi connectivity index (χ2n) is 4.37. The van der Waals surface area contributed by atoms with Crippen LogP contribution in [-0.4, -0.2) is 51.3 Å². The first-order valence-electron chi connectivity index (χ1n) is 6.42. The summed E-state index contributed by atoms with van der Waals surface area (Å²) in [5.41, 5.74) is 6.96. The van der Waals surface area contributed by atoms with E-state index in [1.807, 2.05) is 0 Å². The van der Waals surface area contributed by atoms with Gasteiger partial charge in [-0.05, 0) is 40.5 Å². The number of anilines is 1. The van der Waals surface area contributed by atoms with Gasteiger partial charge in [-0.25, -0.2) is 0 Å². The number of ether oxygens (including phenoxy) is 2. The molecule has 0 aromatic heterocycles. The summed E-state index contributed by atoms with van der Waals surface area (Å²) in [4.78, 5) is 14.2. The van der Waals surface area contributed by atoms with E-state index >= 15 is 0 Å². The number of benzene rings is 1. The molecule has 0 aliphatic rings. The monoisotopic (exact) mass is 344 g/mol. The number of hydrogen-bond donors (Lipinski definition) is 1. The van der Waals surface area contributed by atoms with Crippen LogP contribution in [0.1, 0.15) is 16.8 Å². The first-order chi connectivity index (χ1) is 9.60. The molecule has 5 nitrogen and oxygen atoms in total. The Hall–Kier alpha value is -1.11. The van der Waals surface area contributed by atoms with Gasteiger partial charge in [-0.2, -0.15) is 0 Å². The molecule has 0 aliphatic carbocycles. The Labute approximate surface area is 128 Å². The third-order valence-electron chi connectivity index (χ3n) is 2.88. The first kappa shape index (κ1) is 16.9. The number of rotatable bonds is 8. The van der Waals surface area contributed by atoms with Crippen molar-refractivity contribution in [3.8, 4) is 0 Å². The van der Waals surface area contributed by atoms with Gasteiger partial charge in [0.2, 0.25) is 0 Å².